The highest BCUT2D eigenvalue weighted by Gasteiger charge is 2.07. The molecule has 19 heavy (non-hydrogen) atoms. The van der Waals surface area contributed by atoms with Crippen LogP contribution in [0.3, 0.4) is 0 Å². The fourth-order valence-electron chi connectivity index (χ4n) is 2.18. The van der Waals surface area contributed by atoms with Crippen molar-refractivity contribution in [3.05, 3.63) is 66.2 Å². The lowest BCUT2D eigenvalue weighted by atomic mass is 10.2. The van der Waals surface area contributed by atoms with E-state index in [4.69, 9.17) is 0 Å². The molecule has 0 amide bonds. The van der Waals surface area contributed by atoms with Crippen LogP contribution in [0, 0.1) is 12.7 Å². The number of fused-ring (bicyclic) bond motifs is 1. The number of imidazole rings is 1. The fraction of sp³-hybridized carbons (Fsp3) is 0.0625. The predicted molar refractivity (Wildman–Crippen MR) is 75.4 cm³/mol. The monoisotopic (exact) mass is 252 g/mol. The third kappa shape index (κ3) is 2.03. The molecule has 2 heterocycles. The van der Waals surface area contributed by atoms with Crippen LogP contribution in [0.25, 0.3) is 23.0 Å². The average Bonchev–Trinajstić information content (AvgIpc) is 2.82. The number of nitrogens with zero attached hydrogens (tertiary/aromatic N) is 2. The Morgan fingerprint density at radius 3 is 2.63 bits per heavy atom. The molecular formula is C16H13FN2. The maximum absolute atomic E-state index is 12.9. The first-order valence-electron chi connectivity index (χ1n) is 6.05. The summed E-state index contributed by atoms with van der Waals surface area (Å²) < 4.78 is 14.9. The molecule has 0 atom stereocenters. The number of rotatable bonds is 2. The summed E-state index contributed by atoms with van der Waals surface area (Å²) in [4.78, 5) is 4.59. The van der Waals surface area contributed by atoms with E-state index in [2.05, 4.69) is 11.6 Å². The van der Waals surface area contributed by atoms with Gasteiger partial charge in [-0.15, -0.1) is 0 Å². The predicted octanol–water partition coefficient (Wildman–Crippen LogP) is 4.09. The molecule has 0 radical (unpaired) electrons. The van der Waals surface area contributed by atoms with Crippen LogP contribution in [0.15, 0.2) is 49.3 Å². The minimum absolute atomic E-state index is 0.241. The van der Waals surface area contributed by atoms with Gasteiger partial charge in [0.15, 0.2) is 0 Å². The summed E-state index contributed by atoms with van der Waals surface area (Å²) in [5.74, 6) is -0.241. The van der Waals surface area contributed by atoms with Gasteiger partial charge in [0.05, 0.1) is 5.69 Å². The average molecular weight is 252 g/mol. The number of aryl methyl sites for hydroxylation is 1. The number of benzene rings is 1. The summed E-state index contributed by atoms with van der Waals surface area (Å²) in [5, 5.41) is 0. The molecule has 0 fully saturated rings. The zero-order valence-electron chi connectivity index (χ0n) is 10.6. The van der Waals surface area contributed by atoms with Gasteiger partial charge in [0.2, 0.25) is 0 Å². The van der Waals surface area contributed by atoms with Gasteiger partial charge in [0.1, 0.15) is 11.5 Å². The van der Waals surface area contributed by atoms with Gasteiger partial charge in [-0.1, -0.05) is 12.7 Å². The molecule has 2 aromatic heterocycles. The molecule has 0 unspecified atom stereocenters. The Bertz CT molecular complexity index is 754. The summed E-state index contributed by atoms with van der Waals surface area (Å²) in [7, 11) is 0. The molecule has 0 N–H and O–H groups in total. The number of pyridine rings is 1. The van der Waals surface area contributed by atoms with Crippen LogP contribution >= 0.6 is 0 Å². The van der Waals surface area contributed by atoms with Crippen LogP contribution in [0.2, 0.25) is 0 Å². The summed E-state index contributed by atoms with van der Waals surface area (Å²) in [6.07, 6.45) is 5.76. The standard InChI is InChI=1S/C16H13FN2/c1-3-12-8-11(2)9-19-10-15(18-16(12)19)13-4-6-14(17)7-5-13/h3-10H,1H2,2H3. The molecule has 1 aromatic carbocycles. The van der Waals surface area contributed by atoms with Crippen molar-refractivity contribution in [3.8, 4) is 11.3 Å². The minimum Gasteiger partial charge on any atom is -0.306 e. The molecule has 0 saturated heterocycles. The SMILES string of the molecule is C=Cc1cc(C)cn2cc(-c3ccc(F)cc3)nc12. The molecule has 0 aliphatic rings. The lowest BCUT2D eigenvalue weighted by Gasteiger charge is -1.99. The highest BCUT2D eigenvalue weighted by Crippen LogP contribution is 2.22. The van der Waals surface area contributed by atoms with E-state index in [1.807, 2.05) is 29.8 Å². The summed E-state index contributed by atoms with van der Waals surface area (Å²) in [5.41, 5.74) is 4.73. The van der Waals surface area contributed by atoms with Crippen molar-refractivity contribution in [3.63, 3.8) is 0 Å². The second kappa shape index (κ2) is 4.35. The molecule has 3 rings (SSSR count). The van der Waals surface area contributed by atoms with Crippen LogP contribution in [0.5, 0.6) is 0 Å². The van der Waals surface area contributed by atoms with E-state index in [9.17, 15) is 4.39 Å². The first-order chi connectivity index (χ1) is 9.17. The molecule has 3 heteroatoms. The Kier molecular flexibility index (Phi) is 2.67. The zero-order valence-corrected chi connectivity index (χ0v) is 10.6. The van der Waals surface area contributed by atoms with Gasteiger partial charge in [-0.3, -0.25) is 0 Å². The molecule has 0 aliphatic heterocycles. The molecule has 0 bridgehead atoms. The first kappa shape index (κ1) is 11.7. The molecule has 0 aliphatic carbocycles. The van der Waals surface area contributed by atoms with E-state index in [0.29, 0.717) is 0 Å². The third-order valence-electron chi connectivity index (χ3n) is 3.08. The van der Waals surface area contributed by atoms with Crippen molar-refractivity contribution >= 4 is 11.7 Å². The van der Waals surface area contributed by atoms with Crippen LogP contribution in [-0.4, -0.2) is 9.38 Å². The van der Waals surface area contributed by atoms with E-state index < -0.39 is 0 Å². The molecule has 0 spiro atoms. The fourth-order valence-corrected chi connectivity index (χ4v) is 2.18. The van der Waals surface area contributed by atoms with E-state index in [1.165, 1.54) is 12.1 Å². The van der Waals surface area contributed by atoms with Gasteiger partial charge in [-0.25, -0.2) is 9.37 Å². The third-order valence-corrected chi connectivity index (χ3v) is 3.08. The van der Waals surface area contributed by atoms with Gasteiger partial charge in [-0.2, -0.15) is 0 Å². The number of hydrogen-bond donors (Lipinski definition) is 0. The van der Waals surface area contributed by atoms with Crippen molar-refractivity contribution in [2.75, 3.05) is 0 Å². The quantitative estimate of drug-likeness (QED) is 0.671. The topological polar surface area (TPSA) is 17.3 Å². The summed E-state index contributed by atoms with van der Waals surface area (Å²) in [6.45, 7) is 5.84. The second-order valence-electron chi connectivity index (χ2n) is 4.54. The van der Waals surface area contributed by atoms with Gasteiger partial charge < -0.3 is 4.40 Å². The van der Waals surface area contributed by atoms with Crippen molar-refractivity contribution in [2.45, 2.75) is 6.92 Å². The zero-order chi connectivity index (χ0) is 13.4. The summed E-state index contributed by atoms with van der Waals surface area (Å²) in [6, 6.07) is 8.40. The molecular weight excluding hydrogens is 239 g/mol. The van der Waals surface area contributed by atoms with E-state index in [0.717, 1.165) is 28.0 Å². The highest BCUT2D eigenvalue weighted by atomic mass is 19.1. The molecule has 0 saturated carbocycles. The van der Waals surface area contributed by atoms with Crippen LogP contribution in [0.4, 0.5) is 4.39 Å². The number of hydrogen-bond acceptors (Lipinski definition) is 1. The maximum atomic E-state index is 12.9. The first-order valence-corrected chi connectivity index (χ1v) is 6.05. The highest BCUT2D eigenvalue weighted by molar-refractivity contribution is 5.70. The van der Waals surface area contributed by atoms with Gasteiger partial charge in [-0.05, 0) is 42.8 Å². The van der Waals surface area contributed by atoms with Crippen LogP contribution in [-0.2, 0) is 0 Å². The van der Waals surface area contributed by atoms with Gasteiger partial charge in [0.25, 0.3) is 0 Å². The number of halogens is 1. The lowest BCUT2D eigenvalue weighted by Crippen LogP contribution is -1.88. The normalized spacial score (nSPS) is 10.8. The Labute approximate surface area is 110 Å². The van der Waals surface area contributed by atoms with Crippen molar-refractivity contribution in [1.82, 2.24) is 9.38 Å². The summed E-state index contributed by atoms with van der Waals surface area (Å²) >= 11 is 0. The van der Waals surface area contributed by atoms with Crippen molar-refractivity contribution in [1.29, 1.82) is 0 Å². The Hall–Kier alpha value is -2.42. The Morgan fingerprint density at radius 1 is 1.21 bits per heavy atom. The van der Waals surface area contributed by atoms with E-state index in [-0.39, 0.29) is 5.82 Å². The largest absolute Gasteiger partial charge is 0.306 e. The Morgan fingerprint density at radius 2 is 1.95 bits per heavy atom. The van der Waals surface area contributed by atoms with Crippen molar-refractivity contribution in [2.24, 2.45) is 0 Å². The molecule has 94 valence electrons. The second-order valence-corrected chi connectivity index (χ2v) is 4.54. The number of aromatic nitrogens is 2. The van der Waals surface area contributed by atoms with Gasteiger partial charge >= 0.3 is 0 Å². The molecule has 3 aromatic rings. The minimum atomic E-state index is -0.241. The van der Waals surface area contributed by atoms with Gasteiger partial charge in [0, 0.05) is 23.5 Å². The van der Waals surface area contributed by atoms with Crippen LogP contribution in [0.1, 0.15) is 11.1 Å². The maximum Gasteiger partial charge on any atom is 0.144 e. The molecule has 2 nitrogen and oxygen atoms in total. The Balaban J connectivity index is 2.21. The van der Waals surface area contributed by atoms with Crippen LogP contribution < -0.4 is 0 Å². The lowest BCUT2D eigenvalue weighted by molar-refractivity contribution is 0.628. The van der Waals surface area contributed by atoms with E-state index >= 15 is 0 Å². The van der Waals surface area contributed by atoms with Crippen molar-refractivity contribution < 1.29 is 4.39 Å². The smallest absolute Gasteiger partial charge is 0.144 e. The van der Waals surface area contributed by atoms with E-state index in [1.54, 1.807) is 18.2 Å².